The van der Waals surface area contributed by atoms with E-state index in [4.69, 9.17) is 0 Å². The summed E-state index contributed by atoms with van der Waals surface area (Å²) in [6, 6.07) is 0. The molecule has 1 aromatic rings. The van der Waals surface area contributed by atoms with Gasteiger partial charge in [-0.25, -0.2) is 0 Å². The fourth-order valence-electron chi connectivity index (χ4n) is 1.06. The first-order chi connectivity index (χ1) is 9.30. The van der Waals surface area contributed by atoms with Gasteiger partial charge in [-0.15, -0.1) is 10.2 Å². The smallest absolute Gasteiger partial charge is 0.325 e. The molecular weight excluding hydrogens is 300 g/mol. The van der Waals surface area contributed by atoms with E-state index in [2.05, 4.69) is 25.6 Å². The van der Waals surface area contributed by atoms with Crippen molar-refractivity contribution in [1.82, 2.24) is 15.5 Å². The fraction of sp³-hybridized carbons (Fsp3) is 0.636. The first kappa shape index (κ1) is 16.7. The van der Waals surface area contributed by atoms with Crippen LogP contribution in [-0.4, -0.2) is 47.0 Å². The number of amides is 1. The molecule has 0 aliphatic heterocycles. The highest BCUT2D eigenvalue weighted by atomic mass is 32.2. The fourth-order valence-corrected chi connectivity index (χ4v) is 2.85. The van der Waals surface area contributed by atoms with Gasteiger partial charge < -0.3 is 15.4 Å². The van der Waals surface area contributed by atoms with Crippen LogP contribution < -0.4 is 10.6 Å². The number of methoxy groups -OCH3 is 1. The Hall–Kier alpha value is -1.35. The number of carbonyl (C=O) groups is 2. The Morgan fingerprint density at radius 2 is 2.05 bits per heavy atom. The van der Waals surface area contributed by atoms with Gasteiger partial charge in [-0.1, -0.05) is 23.1 Å². The number of hydrogen-bond donors (Lipinski definition) is 2. The van der Waals surface area contributed by atoms with Crippen LogP contribution in [0.4, 0.5) is 5.13 Å². The van der Waals surface area contributed by atoms with Crippen LogP contribution in [0.3, 0.4) is 0 Å². The molecule has 0 unspecified atom stereocenters. The maximum Gasteiger partial charge on any atom is 0.325 e. The molecule has 9 heteroatoms. The molecule has 1 rings (SSSR count). The monoisotopic (exact) mass is 318 g/mol. The summed E-state index contributed by atoms with van der Waals surface area (Å²) in [6.07, 6.45) is 0. The van der Waals surface area contributed by atoms with Crippen LogP contribution in [0.15, 0.2) is 4.34 Å². The summed E-state index contributed by atoms with van der Waals surface area (Å²) >= 11 is 2.66. The lowest BCUT2D eigenvalue weighted by Crippen LogP contribution is -2.31. The van der Waals surface area contributed by atoms with Gasteiger partial charge in [0, 0.05) is 5.54 Å². The molecule has 0 bridgehead atoms. The Balaban J connectivity index is 2.35. The van der Waals surface area contributed by atoms with E-state index >= 15 is 0 Å². The number of rotatable bonds is 6. The molecule has 2 N–H and O–H groups in total. The Kier molecular flexibility index (Phi) is 6.21. The van der Waals surface area contributed by atoms with Gasteiger partial charge in [0.25, 0.3) is 0 Å². The molecule has 20 heavy (non-hydrogen) atoms. The van der Waals surface area contributed by atoms with Crippen molar-refractivity contribution in [2.24, 2.45) is 0 Å². The quantitative estimate of drug-likeness (QED) is 0.600. The van der Waals surface area contributed by atoms with E-state index in [0.29, 0.717) is 4.34 Å². The number of aromatic nitrogens is 2. The van der Waals surface area contributed by atoms with Crippen LogP contribution in [0.2, 0.25) is 0 Å². The van der Waals surface area contributed by atoms with Crippen LogP contribution in [0.1, 0.15) is 20.8 Å². The van der Waals surface area contributed by atoms with E-state index < -0.39 is 5.97 Å². The molecule has 0 aliphatic rings. The molecule has 0 saturated carbocycles. The van der Waals surface area contributed by atoms with Crippen LogP contribution >= 0.6 is 23.1 Å². The second-order valence-corrected chi connectivity index (χ2v) is 7.09. The zero-order valence-electron chi connectivity index (χ0n) is 11.8. The number of anilines is 1. The van der Waals surface area contributed by atoms with Crippen molar-refractivity contribution in [3.8, 4) is 0 Å². The first-order valence-electron chi connectivity index (χ1n) is 5.88. The molecule has 1 aromatic heterocycles. The average molecular weight is 318 g/mol. The standard InChI is InChI=1S/C11H18N4O3S2/c1-11(2,3)13-9-14-15-10(20-9)19-6-7(16)12-5-8(17)18-4/h5-6H2,1-4H3,(H,12,16)(H,13,14). The van der Waals surface area contributed by atoms with Gasteiger partial charge in [0.2, 0.25) is 11.0 Å². The van der Waals surface area contributed by atoms with Crippen LogP contribution in [0, 0.1) is 0 Å². The van der Waals surface area contributed by atoms with Crippen LogP contribution in [0.5, 0.6) is 0 Å². The Morgan fingerprint density at radius 1 is 1.35 bits per heavy atom. The van der Waals surface area contributed by atoms with E-state index in [1.54, 1.807) is 0 Å². The molecule has 112 valence electrons. The number of ether oxygens (including phenoxy) is 1. The molecule has 0 spiro atoms. The lowest BCUT2D eigenvalue weighted by Gasteiger charge is -2.18. The SMILES string of the molecule is COC(=O)CNC(=O)CSc1nnc(NC(C)(C)C)s1. The molecule has 0 atom stereocenters. The molecule has 1 amide bonds. The summed E-state index contributed by atoms with van der Waals surface area (Å²) < 4.78 is 5.12. The van der Waals surface area contributed by atoms with Crippen molar-refractivity contribution < 1.29 is 14.3 Å². The third kappa shape index (κ3) is 6.71. The number of hydrogen-bond acceptors (Lipinski definition) is 8. The summed E-state index contributed by atoms with van der Waals surface area (Å²) in [5, 5.41) is 14.4. The third-order valence-corrected chi connectivity index (χ3v) is 3.84. The predicted molar refractivity (Wildman–Crippen MR) is 79.0 cm³/mol. The Morgan fingerprint density at radius 3 is 2.65 bits per heavy atom. The van der Waals surface area contributed by atoms with Crippen molar-refractivity contribution in [1.29, 1.82) is 0 Å². The summed E-state index contributed by atoms with van der Waals surface area (Å²) in [4.78, 5) is 22.3. The number of nitrogens with zero attached hydrogens (tertiary/aromatic N) is 2. The first-order valence-corrected chi connectivity index (χ1v) is 7.68. The minimum absolute atomic E-state index is 0.0840. The molecule has 0 aromatic carbocycles. The van der Waals surface area contributed by atoms with Gasteiger partial charge >= 0.3 is 5.97 Å². The molecular formula is C11H18N4O3S2. The molecule has 0 fully saturated rings. The van der Waals surface area contributed by atoms with Gasteiger partial charge in [0.1, 0.15) is 6.54 Å². The second kappa shape index (κ2) is 7.44. The van der Waals surface area contributed by atoms with Crippen LogP contribution in [-0.2, 0) is 14.3 Å². The highest BCUT2D eigenvalue weighted by Gasteiger charge is 2.14. The Labute approximate surface area is 125 Å². The van der Waals surface area contributed by atoms with Gasteiger partial charge in [0.15, 0.2) is 4.34 Å². The Bertz CT molecular complexity index is 470. The van der Waals surface area contributed by atoms with Crippen molar-refractivity contribution in [2.75, 3.05) is 24.7 Å². The van der Waals surface area contributed by atoms with Gasteiger partial charge in [-0.2, -0.15) is 0 Å². The highest BCUT2D eigenvalue weighted by molar-refractivity contribution is 8.01. The molecule has 0 radical (unpaired) electrons. The lowest BCUT2D eigenvalue weighted by atomic mass is 10.1. The highest BCUT2D eigenvalue weighted by Crippen LogP contribution is 2.26. The lowest BCUT2D eigenvalue weighted by molar-refractivity contribution is -0.140. The van der Waals surface area contributed by atoms with Gasteiger partial charge in [0.05, 0.1) is 12.9 Å². The molecule has 0 aliphatic carbocycles. The van der Waals surface area contributed by atoms with E-state index in [0.717, 1.165) is 5.13 Å². The largest absolute Gasteiger partial charge is 0.468 e. The van der Waals surface area contributed by atoms with Crippen molar-refractivity contribution in [3.63, 3.8) is 0 Å². The summed E-state index contributed by atoms with van der Waals surface area (Å²) in [7, 11) is 1.27. The minimum atomic E-state index is -0.476. The maximum absolute atomic E-state index is 11.5. The molecule has 0 saturated heterocycles. The van der Waals surface area contributed by atoms with Crippen molar-refractivity contribution in [3.05, 3.63) is 0 Å². The van der Waals surface area contributed by atoms with E-state index in [1.807, 2.05) is 20.8 Å². The van der Waals surface area contributed by atoms with E-state index in [-0.39, 0.29) is 23.7 Å². The number of esters is 1. The van der Waals surface area contributed by atoms with Crippen molar-refractivity contribution >= 4 is 40.1 Å². The molecule has 7 nitrogen and oxygen atoms in total. The number of carbonyl (C=O) groups excluding carboxylic acids is 2. The van der Waals surface area contributed by atoms with Gasteiger partial charge in [-0.05, 0) is 20.8 Å². The van der Waals surface area contributed by atoms with Crippen molar-refractivity contribution in [2.45, 2.75) is 30.6 Å². The number of nitrogens with one attached hydrogen (secondary N) is 2. The zero-order chi connectivity index (χ0) is 15.2. The normalized spacial score (nSPS) is 11.0. The summed E-state index contributed by atoms with van der Waals surface area (Å²) in [5.74, 6) is -0.543. The van der Waals surface area contributed by atoms with Gasteiger partial charge in [-0.3, -0.25) is 9.59 Å². The molecule has 1 heterocycles. The average Bonchev–Trinajstić information content (AvgIpc) is 2.78. The third-order valence-electron chi connectivity index (χ3n) is 1.87. The topological polar surface area (TPSA) is 93.2 Å². The maximum atomic E-state index is 11.5. The second-order valence-electron chi connectivity index (χ2n) is 4.89. The van der Waals surface area contributed by atoms with E-state index in [1.165, 1.54) is 30.2 Å². The minimum Gasteiger partial charge on any atom is -0.468 e. The summed E-state index contributed by atoms with van der Waals surface area (Å²) in [6.45, 7) is 5.97. The summed E-state index contributed by atoms with van der Waals surface area (Å²) in [5.41, 5.74) is -0.0840. The zero-order valence-corrected chi connectivity index (χ0v) is 13.5. The number of thioether (sulfide) groups is 1. The predicted octanol–water partition coefficient (Wildman–Crippen LogP) is 1.13. The van der Waals surface area contributed by atoms with Crippen LogP contribution in [0.25, 0.3) is 0 Å². The van der Waals surface area contributed by atoms with E-state index in [9.17, 15) is 9.59 Å².